The minimum atomic E-state index is 0.567. The van der Waals surface area contributed by atoms with Crippen LogP contribution in [0, 0.1) is 6.92 Å². The van der Waals surface area contributed by atoms with Crippen LogP contribution in [0.3, 0.4) is 0 Å². The van der Waals surface area contributed by atoms with E-state index in [4.69, 9.17) is 0 Å². The number of anilines is 1. The Bertz CT molecular complexity index is 845. The fourth-order valence-corrected chi connectivity index (χ4v) is 3.08. The Morgan fingerprint density at radius 2 is 2.08 bits per heavy atom. The molecule has 0 N–H and O–H groups in total. The third kappa shape index (κ3) is 2.62. The Kier molecular flexibility index (Phi) is 3.68. The minimum Gasteiger partial charge on any atom is -0.352 e. The number of imidazole rings is 1. The molecule has 0 aliphatic carbocycles. The predicted octanol–water partition coefficient (Wildman–Crippen LogP) is 0.529. The van der Waals surface area contributed by atoms with E-state index in [1.807, 2.05) is 38.6 Å². The zero-order valence-electron chi connectivity index (χ0n) is 14.3. The zero-order chi connectivity index (χ0) is 16.7. The molecule has 3 aromatic rings. The van der Waals surface area contributed by atoms with Gasteiger partial charge in [-0.2, -0.15) is 4.52 Å². The highest BCUT2D eigenvalue weighted by Crippen LogP contribution is 2.21. The normalized spacial score (nSPS) is 15.4. The van der Waals surface area contributed by atoms with E-state index in [0.29, 0.717) is 6.04 Å². The summed E-state index contributed by atoms with van der Waals surface area (Å²) in [6.07, 6.45) is 4.82. The lowest BCUT2D eigenvalue weighted by molar-refractivity contribution is 0.205. The van der Waals surface area contributed by atoms with Crippen molar-refractivity contribution in [1.82, 2.24) is 34.3 Å². The molecule has 1 fully saturated rings. The Morgan fingerprint density at radius 1 is 1.25 bits per heavy atom. The van der Waals surface area contributed by atoms with E-state index < -0.39 is 0 Å². The quantitative estimate of drug-likeness (QED) is 0.681. The van der Waals surface area contributed by atoms with Crippen LogP contribution in [0.1, 0.15) is 11.5 Å². The number of aryl methyl sites for hydroxylation is 2. The van der Waals surface area contributed by atoms with E-state index in [0.717, 1.165) is 43.3 Å². The van der Waals surface area contributed by atoms with E-state index in [2.05, 4.69) is 41.7 Å². The molecule has 8 heteroatoms. The van der Waals surface area contributed by atoms with Gasteiger partial charge in [-0.15, -0.1) is 15.3 Å². The molecule has 1 saturated heterocycles. The zero-order valence-corrected chi connectivity index (χ0v) is 14.3. The second-order valence-corrected chi connectivity index (χ2v) is 6.49. The summed E-state index contributed by atoms with van der Waals surface area (Å²) in [5, 5.41) is 12.8. The van der Waals surface area contributed by atoms with Gasteiger partial charge < -0.3 is 9.47 Å². The van der Waals surface area contributed by atoms with Gasteiger partial charge in [0, 0.05) is 51.0 Å². The molecule has 0 amide bonds. The van der Waals surface area contributed by atoms with E-state index in [1.54, 1.807) is 4.52 Å². The van der Waals surface area contributed by atoms with Crippen LogP contribution in [0.5, 0.6) is 0 Å². The van der Waals surface area contributed by atoms with Crippen molar-refractivity contribution in [2.24, 2.45) is 7.05 Å². The van der Waals surface area contributed by atoms with Gasteiger partial charge in [-0.1, -0.05) is 0 Å². The van der Waals surface area contributed by atoms with Crippen LogP contribution in [-0.2, 0) is 13.5 Å². The Morgan fingerprint density at radius 3 is 2.83 bits per heavy atom. The summed E-state index contributed by atoms with van der Waals surface area (Å²) >= 11 is 0. The van der Waals surface area contributed by atoms with Gasteiger partial charge in [0.25, 0.3) is 0 Å². The second-order valence-electron chi connectivity index (χ2n) is 6.49. The van der Waals surface area contributed by atoms with Crippen LogP contribution in [0.15, 0.2) is 24.7 Å². The molecule has 0 aromatic carbocycles. The number of aromatic nitrogens is 6. The number of likely N-dealkylation sites (N-methyl/N-ethyl adjacent to an activating group) is 1. The molecule has 0 saturated carbocycles. The lowest BCUT2D eigenvalue weighted by Crippen LogP contribution is -2.59. The standard InChI is InChI=1S/C16H22N8/c1-12-18-19-15-4-5-16(20-24(12)15)23-9-14(10-23)21(2)7-6-13-8-17-11-22(13)3/h4-5,8,11,14H,6-7,9-10H2,1-3H3. The first-order chi connectivity index (χ1) is 11.6. The Balaban J connectivity index is 1.34. The van der Waals surface area contributed by atoms with Gasteiger partial charge in [0.15, 0.2) is 11.5 Å². The lowest BCUT2D eigenvalue weighted by Gasteiger charge is -2.44. The van der Waals surface area contributed by atoms with Crippen LogP contribution in [0.4, 0.5) is 5.82 Å². The maximum absolute atomic E-state index is 4.64. The molecule has 4 rings (SSSR count). The summed E-state index contributed by atoms with van der Waals surface area (Å²) in [6, 6.07) is 4.56. The largest absolute Gasteiger partial charge is 0.352 e. The van der Waals surface area contributed by atoms with Crippen molar-refractivity contribution < 1.29 is 0 Å². The molecule has 4 heterocycles. The molecule has 1 aliphatic rings. The molecule has 0 unspecified atom stereocenters. The SMILES string of the molecule is Cc1nnc2ccc(N3CC(N(C)CCc4cncn4C)C3)nn12. The Labute approximate surface area is 140 Å². The molecule has 3 aromatic heterocycles. The number of rotatable bonds is 5. The summed E-state index contributed by atoms with van der Waals surface area (Å²) < 4.78 is 3.89. The van der Waals surface area contributed by atoms with E-state index >= 15 is 0 Å². The van der Waals surface area contributed by atoms with Gasteiger partial charge in [0.2, 0.25) is 0 Å². The van der Waals surface area contributed by atoms with Crippen LogP contribution in [-0.4, -0.2) is 67.0 Å². The molecular weight excluding hydrogens is 304 g/mol. The van der Waals surface area contributed by atoms with Gasteiger partial charge in [0.1, 0.15) is 5.82 Å². The van der Waals surface area contributed by atoms with Crippen molar-refractivity contribution in [3.8, 4) is 0 Å². The molecule has 1 aliphatic heterocycles. The van der Waals surface area contributed by atoms with Gasteiger partial charge in [-0.05, 0) is 26.1 Å². The highest BCUT2D eigenvalue weighted by molar-refractivity contribution is 5.47. The topological polar surface area (TPSA) is 67.4 Å². The Hall–Kier alpha value is -2.48. The van der Waals surface area contributed by atoms with Crippen LogP contribution >= 0.6 is 0 Å². The highest BCUT2D eigenvalue weighted by Gasteiger charge is 2.31. The molecule has 24 heavy (non-hydrogen) atoms. The third-order valence-electron chi connectivity index (χ3n) is 4.85. The van der Waals surface area contributed by atoms with Gasteiger partial charge >= 0.3 is 0 Å². The monoisotopic (exact) mass is 326 g/mol. The van der Waals surface area contributed by atoms with Crippen LogP contribution < -0.4 is 4.90 Å². The molecule has 0 atom stereocenters. The fourth-order valence-electron chi connectivity index (χ4n) is 3.08. The number of nitrogens with zero attached hydrogens (tertiary/aromatic N) is 8. The molecule has 0 radical (unpaired) electrons. The van der Waals surface area contributed by atoms with Crippen molar-refractivity contribution in [2.45, 2.75) is 19.4 Å². The molecule has 126 valence electrons. The summed E-state index contributed by atoms with van der Waals surface area (Å²) in [4.78, 5) is 8.89. The van der Waals surface area contributed by atoms with E-state index in [9.17, 15) is 0 Å². The number of fused-ring (bicyclic) bond motifs is 1. The molecule has 0 spiro atoms. The van der Waals surface area contributed by atoms with Gasteiger partial charge in [-0.3, -0.25) is 4.90 Å². The van der Waals surface area contributed by atoms with Crippen molar-refractivity contribution in [3.63, 3.8) is 0 Å². The third-order valence-corrected chi connectivity index (χ3v) is 4.85. The summed E-state index contributed by atoms with van der Waals surface area (Å²) in [5.74, 6) is 1.80. The summed E-state index contributed by atoms with van der Waals surface area (Å²) in [6.45, 7) is 4.96. The summed E-state index contributed by atoms with van der Waals surface area (Å²) in [7, 11) is 4.24. The maximum Gasteiger partial charge on any atom is 0.178 e. The van der Waals surface area contributed by atoms with E-state index in [1.165, 1.54) is 5.69 Å². The van der Waals surface area contributed by atoms with E-state index in [-0.39, 0.29) is 0 Å². The molecule has 0 bridgehead atoms. The average Bonchev–Trinajstić information content (AvgIpc) is 3.10. The molecular formula is C16H22N8. The average molecular weight is 326 g/mol. The van der Waals surface area contributed by atoms with Gasteiger partial charge in [0.05, 0.1) is 6.33 Å². The molecule has 8 nitrogen and oxygen atoms in total. The highest BCUT2D eigenvalue weighted by atomic mass is 15.4. The first-order valence-electron chi connectivity index (χ1n) is 8.21. The summed E-state index contributed by atoms with van der Waals surface area (Å²) in [5.41, 5.74) is 2.06. The first-order valence-corrected chi connectivity index (χ1v) is 8.21. The second kappa shape index (κ2) is 5.86. The fraction of sp³-hybridized carbons (Fsp3) is 0.500. The number of hydrogen-bond acceptors (Lipinski definition) is 6. The van der Waals surface area contributed by atoms with Crippen molar-refractivity contribution in [3.05, 3.63) is 36.2 Å². The smallest absolute Gasteiger partial charge is 0.178 e. The maximum atomic E-state index is 4.64. The predicted molar refractivity (Wildman–Crippen MR) is 91.1 cm³/mol. The minimum absolute atomic E-state index is 0.567. The van der Waals surface area contributed by atoms with Crippen LogP contribution in [0.2, 0.25) is 0 Å². The number of hydrogen-bond donors (Lipinski definition) is 0. The first kappa shape index (κ1) is 15.1. The van der Waals surface area contributed by atoms with Crippen molar-refractivity contribution >= 4 is 11.5 Å². The van der Waals surface area contributed by atoms with Crippen molar-refractivity contribution in [1.29, 1.82) is 0 Å². The van der Waals surface area contributed by atoms with Gasteiger partial charge in [-0.25, -0.2) is 4.98 Å². The van der Waals surface area contributed by atoms with Crippen LogP contribution in [0.25, 0.3) is 5.65 Å². The lowest BCUT2D eigenvalue weighted by atomic mass is 10.1. The van der Waals surface area contributed by atoms with Crippen molar-refractivity contribution in [2.75, 3.05) is 31.6 Å².